The summed E-state index contributed by atoms with van der Waals surface area (Å²) in [7, 11) is -2.86. The zero-order valence-corrected chi connectivity index (χ0v) is 10.8. The van der Waals surface area contributed by atoms with Gasteiger partial charge < -0.3 is 10.6 Å². The predicted octanol–water partition coefficient (Wildman–Crippen LogP) is 1.07. The van der Waals surface area contributed by atoms with E-state index in [4.69, 9.17) is 5.73 Å². The molecule has 1 aromatic carbocycles. The summed E-state index contributed by atoms with van der Waals surface area (Å²) in [5, 5.41) is 0. The van der Waals surface area contributed by atoms with Gasteiger partial charge in [0.05, 0.1) is 17.1 Å². The lowest BCUT2D eigenvalue weighted by atomic mass is 10.1. The summed E-state index contributed by atoms with van der Waals surface area (Å²) in [5.41, 5.74) is 9.12. The third-order valence-electron chi connectivity index (χ3n) is 3.06. The number of hydrogen-bond donors (Lipinski definition) is 1. The summed E-state index contributed by atoms with van der Waals surface area (Å²) in [6, 6.07) is 5.95. The highest BCUT2D eigenvalue weighted by atomic mass is 32.2. The van der Waals surface area contributed by atoms with Gasteiger partial charge in [-0.15, -0.1) is 0 Å². The molecule has 0 spiro atoms. The van der Waals surface area contributed by atoms with Gasteiger partial charge in [-0.05, 0) is 24.5 Å². The predicted molar refractivity (Wildman–Crippen MR) is 71.1 cm³/mol. The molecule has 5 heteroatoms. The van der Waals surface area contributed by atoms with E-state index in [0.717, 1.165) is 30.9 Å². The van der Waals surface area contributed by atoms with E-state index in [2.05, 4.69) is 11.0 Å². The Morgan fingerprint density at radius 1 is 1.41 bits per heavy atom. The molecule has 0 aliphatic carbocycles. The fourth-order valence-electron chi connectivity index (χ4n) is 2.31. The van der Waals surface area contributed by atoms with Gasteiger partial charge in [0.1, 0.15) is 9.84 Å². The minimum Gasteiger partial charge on any atom is -0.397 e. The van der Waals surface area contributed by atoms with Crippen molar-refractivity contribution in [2.24, 2.45) is 0 Å². The van der Waals surface area contributed by atoms with Crippen LogP contribution in [0.5, 0.6) is 0 Å². The molecular formula is C12H18N2O2S. The normalized spacial score (nSPS) is 15.0. The molecule has 0 atom stereocenters. The van der Waals surface area contributed by atoms with E-state index in [0.29, 0.717) is 6.42 Å². The summed E-state index contributed by atoms with van der Waals surface area (Å²) >= 11 is 0. The van der Waals surface area contributed by atoms with Crippen molar-refractivity contribution in [3.63, 3.8) is 0 Å². The second-order valence-corrected chi connectivity index (χ2v) is 6.84. The lowest BCUT2D eigenvalue weighted by Gasteiger charge is -2.20. The van der Waals surface area contributed by atoms with Crippen molar-refractivity contribution in [3.05, 3.63) is 23.8 Å². The van der Waals surface area contributed by atoms with Crippen LogP contribution in [0.15, 0.2) is 18.2 Å². The monoisotopic (exact) mass is 254 g/mol. The number of sulfone groups is 1. The Labute approximate surface area is 102 Å². The maximum absolute atomic E-state index is 11.1. The van der Waals surface area contributed by atoms with Gasteiger partial charge in [-0.3, -0.25) is 0 Å². The molecule has 0 saturated heterocycles. The van der Waals surface area contributed by atoms with Crippen LogP contribution in [0.4, 0.5) is 11.4 Å². The van der Waals surface area contributed by atoms with Crippen molar-refractivity contribution in [2.75, 3.05) is 35.7 Å². The fourth-order valence-corrected chi connectivity index (χ4v) is 2.96. The van der Waals surface area contributed by atoms with Crippen LogP contribution < -0.4 is 10.6 Å². The van der Waals surface area contributed by atoms with Gasteiger partial charge in [0.25, 0.3) is 0 Å². The number of nitrogens with two attached hydrogens (primary N) is 1. The molecule has 2 N–H and O–H groups in total. The van der Waals surface area contributed by atoms with Gasteiger partial charge in [-0.2, -0.15) is 0 Å². The number of fused-ring (bicyclic) bond motifs is 1. The SMILES string of the molecule is CS(=O)(=O)CCCN1CCc2cccc(N)c21. The molecule has 1 aromatic rings. The van der Waals surface area contributed by atoms with E-state index in [1.807, 2.05) is 12.1 Å². The average molecular weight is 254 g/mol. The highest BCUT2D eigenvalue weighted by molar-refractivity contribution is 7.90. The van der Waals surface area contributed by atoms with Crippen molar-refractivity contribution in [1.82, 2.24) is 0 Å². The molecule has 0 radical (unpaired) electrons. The quantitative estimate of drug-likeness (QED) is 0.816. The van der Waals surface area contributed by atoms with E-state index in [1.165, 1.54) is 11.8 Å². The topological polar surface area (TPSA) is 63.4 Å². The Morgan fingerprint density at radius 3 is 2.88 bits per heavy atom. The Bertz CT molecular complexity index is 511. The van der Waals surface area contributed by atoms with Crippen molar-refractivity contribution >= 4 is 21.2 Å². The van der Waals surface area contributed by atoms with Crippen molar-refractivity contribution in [3.8, 4) is 0 Å². The molecular weight excluding hydrogens is 236 g/mol. The van der Waals surface area contributed by atoms with E-state index in [-0.39, 0.29) is 5.75 Å². The molecule has 0 amide bonds. The molecule has 0 aromatic heterocycles. The molecule has 0 unspecified atom stereocenters. The zero-order chi connectivity index (χ0) is 12.5. The van der Waals surface area contributed by atoms with Crippen LogP contribution in [-0.4, -0.2) is 33.5 Å². The van der Waals surface area contributed by atoms with Gasteiger partial charge in [0, 0.05) is 19.3 Å². The third kappa shape index (κ3) is 2.91. The third-order valence-corrected chi connectivity index (χ3v) is 4.09. The summed E-state index contributed by atoms with van der Waals surface area (Å²) < 4.78 is 22.1. The number of hydrogen-bond acceptors (Lipinski definition) is 4. The van der Waals surface area contributed by atoms with E-state index >= 15 is 0 Å². The van der Waals surface area contributed by atoms with Crippen molar-refractivity contribution in [1.29, 1.82) is 0 Å². The smallest absolute Gasteiger partial charge is 0.147 e. The molecule has 1 aliphatic rings. The van der Waals surface area contributed by atoms with Crippen LogP contribution in [0.2, 0.25) is 0 Å². The number of nitrogen functional groups attached to an aromatic ring is 1. The number of rotatable bonds is 4. The van der Waals surface area contributed by atoms with Gasteiger partial charge in [0.15, 0.2) is 0 Å². The molecule has 1 heterocycles. The van der Waals surface area contributed by atoms with Crippen LogP contribution in [-0.2, 0) is 16.3 Å². The lowest BCUT2D eigenvalue weighted by molar-refractivity contribution is 0.598. The molecule has 2 rings (SSSR count). The number of benzene rings is 1. The molecule has 0 fully saturated rings. The maximum Gasteiger partial charge on any atom is 0.147 e. The zero-order valence-electron chi connectivity index (χ0n) is 10.0. The standard InChI is InChI=1S/C12H18N2O2S/c1-17(15,16)9-3-7-14-8-6-10-4-2-5-11(13)12(10)14/h2,4-5H,3,6-9,13H2,1H3. The second-order valence-electron chi connectivity index (χ2n) is 4.58. The largest absolute Gasteiger partial charge is 0.397 e. The Morgan fingerprint density at radius 2 is 2.18 bits per heavy atom. The van der Waals surface area contributed by atoms with Crippen LogP contribution in [0.25, 0.3) is 0 Å². The first-order valence-corrected chi connectivity index (χ1v) is 7.83. The van der Waals surface area contributed by atoms with Crippen LogP contribution >= 0.6 is 0 Å². The van der Waals surface area contributed by atoms with Crippen molar-refractivity contribution in [2.45, 2.75) is 12.8 Å². The van der Waals surface area contributed by atoms with E-state index in [1.54, 1.807) is 0 Å². The minimum atomic E-state index is -2.86. The Kier molecular flexibility index (Phi) is 3.28. The first kappa shape index (κ1) is 12.2. The lowest BCUT2D eigenvalue weighted by Crippen LogP contribution is -2.24. The van der Waals surface area contributed by atoms with E-state index in [9.17, 15) is 8.42 Å². The second kappa shape index (κ2) is 4.56. The molecule has 0 bridgehead atoms. The van der Waals surface area contributed by atoms with E-state index < -0.39 is 9.84 Å². The van der Waals surface area contributed by atoms with Gasteiger partial charge >= 0.3 is 0 Å². The van der Waals surface area contributed by atoms with Gasteiger partial charge in [-0.1, -0.05) is 12.1 Å². The molecule has 17 heavy (non-hydrogen) atoms. The summed E-state index contributed by atoms with van der Waals surface area (Å²) in [5.74, 6) is 0.242. The maximum atomic E-state index is 11.1. The van der Waals surface area contributed by atoms with Crippen LogP contribution in [0.1, 0.15) is 12.0 Å². The summed E-state index contributed by atoms with van der Waals surface area (Å²) in [4.78, 5) is 2.19. The van der Waals surface area contributed by atoms with Gasteiger partial charge in [0.2, 0.25) is 0 Å². The number of para-hydroxylation sites is 1. The summed E-state index contributed by atoms with van der Waals surface area (Å²) in [6.07, 6.45) is 2.94. The highest BCUT2D eigenvalue weighted by Crippen LogP contribution is 2.33. The number of anilines is 2. The molecule has 4 nitrogen and oxygen atoms in total. The van der Waals surface area contributed by atoms with Crippen LogP contribution in [0.3, 0.4) is 0 Å². The fraction of sp³-hybridized carbons (Fsp3) is 0.500. The first-order valence-electron chi connectivity index (χ1n) is 5.77. The molecule has 1 aliphatic heterocycles. The highest BCUT2D eigenvalue weighted by Gasteiger charge is 2.20. The molecule has 0 saturated carbocycles. The number of nitrogens with zero attached hydrogens (tertiary/aromatic N) is 1. The summed E-state index contributed by atoms with van der Waals surface area (Å²) in [6.45, 7) is 1.70. The van der Waals surface area contributed by atoms with Gasteiger partial charge in [-0.25, -0.2) is 8.42 Å². The van der Waals surface area contributed by atoms with Crippen molar-refractivity contribution < 1.29 is 8.42 Å². The van der Waals surface area contributed by atoms with Crippen LogP contribution in [0, 0.1) is 0 Å². The average Bonchev–Trinajstić information content (AvgIpc) is 2.61. The minimum absolute atomic E-state index is 0.242. The first-order chi connectivity index (χ1) is 7.97. The Balaban J connectivity index is 2.03. The molecule has 94 valence electrons. The Hall–Kier alpha value is -1.23.